The van der Waals surface area contributed by atoms with Gasteiger partial charge in [-0.25, -0.2) is 15.0 Å². The molecule has 2 atom stereocenters. The highest BCUT2D eigenvalue weighted by Crippen LogP contribution is 2.39. The van der Waals surface area contributed by atoms with Crippen LogP contribution in [0.5, 0.6) is 0 Å². The Hall–Kier alpha value is -2.61. The molecule has 8 heteroatoms. The van der Waals surface area contributed by atoms with Gasteiger partial charge in [0.1, 0.15) is 22.4 Å². The van der Waals surface area contributed by atoms with Crippen LogP contribution in [0.3, 0.4) is 0 Å². The van der Waals surface area contributed by atoms with E-state index in [0.717, 1.165) is 35.9 Å². The molecule has 2 unspecified atom stereocenters. The minimum Gasteiger partial charge on any atom is -0.368 e. The lowest BCUT2D eigenvalue weighted by atomic mass is 9.96. The van der Waals surface area contributed by atoms with Crippen LogP contribution in [-0.4, -0.2) is 31.9 Å². The number of nitrogens with one attached hydrogen (secondary N) is 1. The number of amides is 1. The minimum absolute atomic E-state index is 0.0944. The summed E-state index contributed by atoms with van der Waals surface area (Å²) in [6.45, 7) is 4.07. The zero-order valence-electron chi connectivity index (χ0n) is 16.1. The van der Waals surface area contributed by atoms with Crippen molar-refractivity contribution in [2.45, 2.75) is 52.0 Å². The molecule has 0 aromatic carbocycles. The fourth-order valence-corrected chi connectivity index (χ4v) is 4.93. The summed E-state index contributed by atoms with van der Waals surface area (Å²) in [6.07, 6.45) is 10.2. The molecule has 7 nitrogen and oxygen atoms in total. The molecular weight excluding hydrogens is 372 g/mol. The Morgan fingerprint density at radius 1 is 1.29 bits per heavy atom. The number of aryl methyl sites for hydroxylation is 2. The van der Waals surface area contributed by atoms with E-state index in [1.165, 1.54) is 16.9 Å². The Bertz CT molecular complexity index is 1000. The van der Waals surface area contributed by atoms with Crippen molar-refractivity contribution < 1.29 is 4.79 Å². The van der Waals surface area contributed by atoms with Crippen LogP contribution >= 0.6 is 11.3 Å². The number of carbonyl (C=O) groups is 1. The van der Waals surface area contributed by atoms with Gasteiger partial charge in [-0.3, -0.25) is 9.78 Å². The van der Waals surface area contributed by atoms with Crippen molar-refractivity contribution in [3.8, 4) is 11.5 Å². The lowest BCUT2D eigenvalue weighted by Gasteiger charge is -2.23. The molecule has 1 amide bonds. The fourth-order valence-electron chi connectivity index (χ4n) is 3.67. The van der Waals surface area contributed by atoms with Gasteiger partial charge in [-0.05, 0) is 37.2 Å². The number of hydrogen-bond acceptors (Lipinski definition) is 7. The number of anilines is 1. The minimum atomic E-state index is -0.489. The maximum Gasteiger partial charge on any atom is 0.240 e. The molecule has 0 saturated heterocycles. The number of carbonyl (C=O) groups excluding carboxylic acids is 1. The van der Waals surface area contributed by atoms with E-state index in [0.29, 0.717) is 17.3 Å². The van der Waals surface area contributed by atoms with Gasteiger partial charge >= 0.3 is 0 Å². The van der Waals surface area contributed by atoms with Gasteiger partial charge in [0.15, 0.2) is 5.82 Å². The van der Waals surface area contributed by atoms with Crippen LogP contribution in [0, 0.1) is 5.92 Å². The molecule has 3 aromatic rings. The quantitative estimate of drug-likeness (QED) is 0.662. The molecule has 0 radical (unpaired) electrons. The predicted molar refractivity (Wildman–Crippen MR) is 111 cm³/mol. The first-order valence-electron chi connectivity index (χ1n) is 9.73. The number of nitrogens with zero attached hydrogens (tertiary/aromatic N) is 4. The molecule has 4 rings (SSSR count). The maximum absolute atomic E-state index is 12.1. The molecular formula is C20H24N6OS. The van der Waals surface area contributed by atoms with E-state index in [1.54, 1.807) is 29.9 Å². The van der Waals surface area contributed by atoms with Crippen molar-refractivity contribution in [3.05, 3.63) is 29.0 Å². The van der Waals surface area contributed by atoms with Crippen LogP contribution in [0.4, 0.5) is 5.82 Å². The Labute approximate surface area is 167 Å². The van der Waals surface area contributed by atoms with Gasteiger partial charge in [0.25, 0.3) is 0 Å². The Kier molecular flexibility index (Phi) is 5.21. The summed E-state index contributed by atoms with van der Waals surface area (Å²) in [4.78, 5) is 32.4. The number of hydrogen-bond donors (Lipinski definition) is 2. The van der Waals surface area contributed by atoms with Crippen LogP contribution in [0.2, 0.25) is 0 Å². The predicted octanol–water partition coefficient (Wildman–Crippen LogP) is 3.34. The fraction of sp³-hybridized carbons (Fsp3) is 0.450. The van der Waals surface area contributed by atoms with E-state index in [9.17, 15) is 4.79 Å². The smallest absolute Gasteiger partial charge is 0.240 e. The Morgan fingerprint density at radius 3 is 2.82 bits per heavy atom. The molecule has 0 bridgehead atoms. The van der Waals surface area contributed by atoms with Crippen molar-refractivity contribution in [1.82, 2.24) is 19.9 Å². The molecule has 0 spiro atoms. The van der Waals surface area contributed by atoms with Gasteiger partial charge in [0.05, 0.1) is 11.6 Å². The Morgan fingerprint density at radius 2 is 2.11 bits per heavy atom. The van der Waals surface area contributed by atoms with Crippen LogP contribution < -0.4 is 11.1 Å². The summed E-state index contributed by atoms with van der Waals surface area (Å²) in [6, 6.07) is -0.489. The highest BCUT2D eigenvalue weighted by molar-refractivity contribution is 7.19. The molecule has 0 aliphatic heterocycles. The van der Waals surface area contributed by atoms with Crippen LogP contribution in [0.15, 0.2) is 18.6 Å². The van der Waals surface area contributed by atoms with Crippen LogP contribution in [-0.2, 0) is 17.6 Å². The third kappa shape index (κ3) is 3.44. The van der Waals surface area contributed by atoms with Gasteiger partial charge in [-0.1, -0.05) is 20.3 Å². The van der Waals surface area contributed by atoms with E-state index < -0.39 is 6.04 Å². The Balaban J connectivity index is 1.88. The molecule has 0 fully saturated rings. The van der Waals surface area contributed by atoms with E-state index >= 15 is 0 Å². The second-order valence-corrected chi connectivity index (χ2v) is 8.37. The van der Waals surface area contributed by atoms with Crippen molar-refractivity contribution in [2.24, 2.45) is 11.7 Å². The SMILES string of the molecule is CCC(C)C(Nc1nc(-c2cnccn2)nc2sc3c(c12)CCCC3)C(N)=O. The zero-order chi connectivity index (χ0) is 19.7. The van der Waals surface area contributed by atoms with Crippen molar-refractivity contribution in [2.75, 3.05) is 5.32 Å². The topological polar surface area (TPSA) is 107 Å². The van der Waals surface area contributed by atoms with E-state index in [4.69, 9.17) is 15.7 Å². The molecule has 1 aliphatic rings. The summed E-state index contributed by atoms with van der Waals surface area (Å²) in [5.41, 5.74) is 7.62. The molecule has 1 aliphatic carbocycles. The normalized spacial score (nSPS) is 15.8. The van der Waals surface area contributed by atoms with Crippen molar-refractivity contribution >= 4 is 33.3 Å². The average Bonchev–Trinajstić information content (AvgIpc) is 3.10. The highest BCUT2D eigenvalue weighted by Gasteiger charge is 2.26. The second kappa shape index (κ2) is 7.79. The number of aromatic nitrogens is 4. The van der Waals surface area contributed by atoms with Gasteiger partial charge in [-0.15, -0.1) is 11.3 Å². The van der Waals surface area contributed by atoms with E-state index in [2.05, 4.69) is 22.2 Å². The zero-order valence-corrected chi connectivity index (χ0v) is 16.9. The van der Waals surface area contributed by atoms with Crippen molar-refractivity contribution in [1.29, 1.82) is 0 Å². The molecule has 3 aromatic heterocycles. The van der Waals surface area contributed by atoms with Gasteiger partial charge in [0, 0.05) is 17.3 Å². The second-order valence-electron chi connectivity index (χ2n) is 7.29. The number of fused-ring (bicyclic) bond motifs is 3. The van der Waals surface area contributed by atoms with E-state index in [-0.39, 0.29) is 11.8 Å². The van der Waals surface area contributed by atoms with Crippen LogP contribution in [0.1, 0.15) is 43.6 Å². The van der Waals surface area contributed by atoms with Gasteiger partial charge in [-0.2, -0.15) is 0 Å². The summed E-state index contributed by atoms with van der Waals surface area (Å²) < 4.78 is 0. The number of thiophene rings is 1. The first-order chi connectivity index (χ1) is 13.6. The summed E-state index contributed by atoms with van der Waals surface area (Å²) in [7, 11) is 0. The first kappa shape index (κ1) is 18.7. The molecule has 28 heavy (non-hydrogen) atoms. The van der Waals surface area contributed by atoms with Crippen LogP contribution in [0.25, 0.3) is 21.7 Å². The third-order valence-electron chi connectivity index (χ3n) is 5.42. The molecule has 3 N–H and O–H groups in total. The monoisotopic (exact) mass is 396 g/mol. The summed E-state index contributed by atoms with van der Waals surface area (Å²) in [5, 5.41) is 4.38. The third-order valence-corrected chi connectivity index (χ3v) is 6.60. The number of primary amides is 1. The van der Waals surface area contributed by atoms with Gasteiger partial charge in [0.2, 0.25) is 5.91 Å². The lowest BCUT2D eigenvalue weighted by molar-refractivity contribution is -0.119. The molecule has 3 heterocycles. The molecule has 146 valence electrons. The lowest BCUT2D eigenvalue weighted by Crippen LogP contribution is -2.40. The number of nitrogens with two attached hydrogens (primary N) is 1. The maximum atomic E-state index is 12.1. The van der Waals surface area contributed by atoms with Gasteiger partial charge < -0.3 is 11.1 Å². The largest absolute Gasteiger partial charge is 0.368 e. The summed E-state index contributed by atoms with van der Waals surface area (Å²) >= 11 is 1.72. The first-order valence-corrected chi connectivity index (χ1v) is 10.5. The standard InChI is InChI=1S/C20H24N6OS/c1-3-11(2)16(17(21)27)24-19-15-12-6-4-5-7-14(12)28-20(15)26-18(25-19)13-10-22-8-9-23-13/h8-11,16H,3-7H2,1-2H3,(H2,21,27)(H,24,25,26). The van der Waals surface area contributed by atoms with Crippen molar-refractivity contribution in [3.63, 3.8) is 0 Å². The van der Waals surface area contributed by atoms with E-state index in [1.807, 2.05) is 6.92 Å². The molecule has 0 saturated carbocycles. The average molecular weight is 397 g/mol. The number of rotatable bonds is 6. The summed E-state index contributed by atoms with van der Waals surface area (Å²) in [5.74, 6) is 0.909. The highest BCUT2D eigenvalue weighted by atomic mass is 32.1.